The molecule has 0 atom stereocenters. The number of benzene rings is 1. The van der Waals surface area contributed by atoms with E-state index in [0.29, 0.717) is 26.2 Å². The number of carbonyl (C=O) groups is 2. The van der Waals surface area contributed by atoms with Crippen LogP contribution in [-0.4, -0.2) is 86.7 Å². The Morgan fingerprint density at radius 3 is 2.22 bits per heavy atom. The monoisotopic (exact) mass is 396 g/mol. The maximum atomic E-state index is 12.6. The van der Waals surface area contributed by atoms with E-state index in [0.717, 1.165) is 0 Å². The third-order valence-electron chi connectivity index (χ3n) is 4.52. The van der Waals surface area contributed by atoms with E-state index in [1.807, 2.05) is 13.8 Å². The molecule has 0 bridgehead atoms. The first kappa shape index (κ1) is 21.3. The number of likely N-dealkylation sites (N-methyl/N-ethyl adjacent to an activating group) is 2. The van der Waals surface area contributed by atoms with Crippen LogP contribution in [0.3, 0.4) is 0 Å². The van der Waals surface area contributed by atoms with Gasteiger partial charge in [-0.2, -0.15) is 4.31 Å². The number of nitrogens with one attached hydrogen (secondary N) is 1. The molecule has 2 amide bonds. The minimum atomic E-state index is -3.53. The first-order valence-corrected chi connectivity index (χ1v) is 10.6. The molecule has 1 heterocycles. The van der Waals surface area contributed by atoms with E-state index < -0.39 is 10.0 Å². The van der Waals surface area contributed by atoms with Crippen LogP contribution >= 0.6 is 0 Å². The molecule has 0 aromatic heterocycles. The Bertz CT molecular complexity index is 731. The van der Waals surface area contributed by atoms with Crippen molar-refractivity contribution in [2.75, 3.05) is 52.4 Å². The molecule has 27 heavy (non-hydrogen) atoms. The first-order valence-electron chi connectivity index (χ1n) is 9.20. The molecule has 8 nitrogen and oxygen atoms in total. The maximum absolute atomic E-state index is 12.6. The lowest BCUT2D eigenvalue weighted by Crippen LogP contribution is -2.53. The van der Waals surface area contributed by atoms with Crippen molar-refractivity contribution in [2.24, 2.45) is 0 Å². The number of sulfonamides is 1. The van der Waals surface area contributed by atoms with Crippen molar-refractivity contribution < 1.29 is 18.0 Å². The van der Waals surface area contributed by atoms with Gasteiger partial charge < -0.3 is 10.2 Å². The predicted octanol–water partition coefficient (Wildman–Crippen LogP) is -0.0225. The topological polar surface area (TPSA) is 90.0 Å². The first-order chi connectivity index (χ1) is 12.9. The van der Waals surface area contributed by atoms with Crippen LogP contribution in [-0.2, 0) is 19.6 Å². The summed E-state index contributed by atoms with van der Waals surface area (Å²) in [7, 11) is -3.53. The molecule has 1 aromatic carbocycles. The molecule has 1 saturated heterocycles. The summed E-state index contributed by atoms with van der Waals surface area (Å²) in [6.45, 7) is 6.47. The number of hydrogen-bond donors (Lipinski definition) is 1. The largest absolute Gasteiger partial charge is 0.355 e. The van der Waals surface area contributed by atoms with Crippen molar-refractivity contribution in [2.45, 2.75) is 18.7 Å². The molecule has 1 aromatic rings. The van der Waals surface area contributed by atoms with Gasteiger partial charge in [-0.15, -0.1) is 0 Å². The second kappa shape index (κ2) is 9.82. The Morgan fingerprint density at radius 2 is 1.67 bits per heavy atom. The molecular weight excluding hydrogens is 368 g/mol. The molecule has 9 heteroatoms. The fourth-order valence-electron chi connectivity index (χ4n) is 2.95. The molecule has 0 radical (unpaired) electrons. The van der Waals surface area contributed by atoms with Gasteiger partial charge in [-0.3, -0.25) is 14.5 Å². The van der Waals surface area contributed by atoms with Gasteiger partial charge in [0.1, 0.15) is 0 Å². The second-order valence-corrected chi connectivity index (χ2v) is 8.29. The summed E-state index contributed by atoms with van der Waals surface area (Å²) >= 11 is 0. The van der Waals surface area contributed by atoms with Crippen LogP contribution in [0.15, 0.2) is 35.2 Å². The number of rotatable bonds is 8. The minimum absolute atomic E-state index is 0.0853. The van der Waals surface area contributed by atoms with Crippen LogP contribution < -0.4 is 5.32 Å². The van der Waals surface area contributed by atoms with Gasteiger partial charge in [0, 0.05) is 32.7 Å². The Balaban J connectivity index is 1.89. The number of amides is 2. The van der Waals surface area contributed by atoms with Crippen molar-refractivity contribution >= 4 is 21.8 Å². The quantitative estimate of drug-likeness (QED) is 0.667. The number of piperazine rings is 1. The van der Waals surface area contributed by atoms with Crippen molar-refractivity contribution in [3.8, 4) is 0 Å². The van der Waals surface area contributed by atoms with Gasteiger partial charge in [-0.1, -0.05) is 25.1 Å². The highest BCUT2D eigenvalue weighted by atomic mass is 32.2. The average Bonchev–Trinajstić information content (AvgIpc) is 2.68. The molecule has 0 unspecified atom stereocenters. The Morgan fingerprint density at radius 1 is 1.04 bits per heavy atom. The van der Waals surface area contributed by atoms with Crippen molar-refractivity contribution in [1.82, 2.24) is 19.4 Å². The fourth-order valence-corrected chi connectivity index (χ4v) is 4.39. The van der Waals surface area contributed by atoms with Gasteiger partial charge in [-0.05, 0) is 25.6 Å². The number of hydrogen-bond acceptors (Lipinski definition) is 5. The summed E-state index contributed by atoms with van der Waals surface area (Å²) in [6, 6.07) is 8.32. The molecular formula is C18H28N4O4S. The van der Waals surface area contributed by atoms with E-state index in [-0.39, 0.29) is 42.9 Å². The highest BCUT2D eigenvalue weighted by molar-refractivity contribution is 7.89. The summed E-state index contributed by atoms with van der Waals surface area (Å²) in [5.74, 6) is -0.191. The highest BCUT2D eigenvalue weighted by Gasteiger charge is 2.30. The Kier molecular flexibility index (Phi) is 7.76. The molecule has 0 aliphatic carbocycles. The number of nitrogens with zero attached hydrogens (tertiary/aromatic N) is 3. The van der Waals surface area contributed by atoms with Crippen LogP contribution in [0, 0.1) is 0 Å². The van der Waals surface area contributed by atoms with Crippen molar-refractivity contribution in [3.63, 3.8) is 0 Å². The second-order valence-electron chi connectivity index (χ2n) is 6.35. The van der Waals surface area contributed by atoms with Crippen molar-refractivity contribution in [3.05, 3.63) is 30.3 Å². The van der Waals surface area contributed by atoms with Gasteiger partial charge in [-0.25, -0.2) is 8.42 Å². The third-order valence-corrected chi connectivity index (χ3v) is 6.43. The summed E-state index contributed by atoms with van der Waals surface area (Å²) in [4.78, 5) is 27.9. The van der Waals surface area contributed by atoms with E-state index in [2.05, 4.69) is 5.32 Å². The lowest BCUT2D eigenvalue weighted by molar-refractivity contribution is -0.134. The van der Waals surface area contributed by atoms with E-state index in [1.165, 1.54) is 4.31 Å². The maximum Gasteiger partial charge on any atom is 0.243 e. The molecule has 1 aliphatic heterocycles. The smallest absolute Gasteiger partial charge is 0.243 e. The standard InChI is InChI=1S/C18H28N4O4S/c1-3-19-17(23)14-20(4-2)15-18(24)21-10-12-22(13-11-21)27(25,26)16-8-6-5-7-9-16/h5-9H,3-4,10-15H2,1-2H3,(H,19,23). The van der Waals surface area contributed by atoms with Gasteiger partial charge in [0.15, 0.2) is 0 Å². The van der Waals surface area contributed by atoms with Gasteiger partial charge in [0.25, 0.3) is 0 Å². The Labute approximate surface area is 161 Å². The molecule has 1 N–H and O–H groups in total. The zero-order valence-corrected chi connectivity index (χ0v) is 16.7. The van der Waals surface area contributed by atoms with Crippen molar-refractivity contribution in [1.29, 1.82) is 0 Å². The molecule has 0 saturated carbocycles. The zero-order chi connectivity index (χ0) is 19.9. The minimum Gasteiger partial charge on any atom is -0.355 e. The van der Waals surface area contributed by atoms with Crippen LogP contribution in [0.1, 0.15) is 13.8 Å². The summed E-state index contributed by atoms with van der Waals surface area (Å²) in [5, 5.41) is 2.72. The lowest BCUT2D eigenvalue weighted by atomic mass is 10.3. The fraction of sp³-hybridized carbons (Fsp3) is 0.556. The summed E-state index contributed by atoms with van der Waals surface area (Å²) < 4.78 is 26.7. The molecule has 1 aliphatic rings. The van der Waals surface area contributed by atoms with Gasteiger partial charge in [0.2, 0.25) is 21.8 Å². The SMILES string of the molecule is CCNC(=O)CN(CC)CC(=O)N1CCN(S(=O)(=O)c2ccccc2)CC1. The molecule has 0 spiro atoms. The molecule has 2 rings (SSSR count). The number of carbonyl (C=O) groups excluding carboxylic acids is 2. The van der Waals surface area contributed by atoms with Crippen LogP contribution in [0.25, 0.3) is 0 Å². The predicted molar refractivity (Wildman–Crippen MR) is 103 cm³/mol. The van der Waals surface area contributed by atoms with E-state index in [4.69, 9.17) is 0 Å². The van der Waals surface area contributed by atoms with Gasteiger partial charge in [0.05, 0.1) is 18.0 Å². The van der Waals surface area contributed by atoms with Crippen LogP contribution in [0.4, 0.5) is 0 Å². The third kappa shape index (κ3) is 5.75. The molecule has 150 valence electrons. The van der Waals surface area contributed by atoms with E-state index in [9.17, 15) is 18.0 Å². The average molecular weight is 397 g/mol. The van der Waals surface area contributed by atoms with Gasteiger partial charge >= 0.3 is 0 Å². The van der Waals surface area contributed by atoms with Crippen LogP contribution in [0.5, 0.6) is 0 Å². The Hall–Kier alpha value is -1.97. The summed E-state index contributed by atoms with van der Waals surface area (Å²) in [6.07, 6.45) is 0. The molecule has 1 fully saturated rings. The summed E-state index contributed by atoms with van der Waals surface area (Å²) in [5.41, 5.74) is 0. The van der Waals surface area contributed by atoms with Crippen LogP contribution in [0.2, 0.25) is 0 Å². The normalized spacial score (nSPS) is 15.7. The van der Waals surface area contributed by atoms with E-state index >= 15 is 0 Å². The lowest BCUT2D eigenvalue weighted by Gasteiger charge is -2.35. The highest BCUT2D eigenvalue weighted by Crippen LogP contribution is 2.17. The zero-order valence-electron chi connectivity index (χ0n) is 15.9. The van der Waals surface area contributed by atoms with E-state index in [1.54, 1.807) is 40.1 Å².